The minimum atomic E-state index is -0.621. The van der Waals surface area contributed by atoms with Gasteiger partial charge in [0.1, 0.15) is 11.6 Å². The summed E-state index contributed by atoms with van der Waals surface area (Å²) in [4.78, 5) is 0. The summed E-state index contributed by atoms with van der Waals surface area (Å²) < 4.78 is 27.7. The van der Waals surface area contributed by atoms with E-state index in [9.17, 15) is 8.78 Å². The van der Waals surface area contributed by atoms with Crippen molar-refractivity contribution in [3.63, 3.8) is 0 Å². The highest BCUT2D eigenvalue weighted by Crippen LogP contribution is 2.26. The molecule has 3 N–H and O–H groups in total. The molecule has 2 nitrogen and oxygen atoms in total. The predicted octanol–water partition coefficient (Wildman–Crippen LogP) is 3.04. The van der Waals surface area contributed by atoms with Crippen LogP contribution < -0.4 is 11.3 Å². The maximum atomic E-state index is 13.7. The van der Waals surface area contributed by atoms with E-state index in [1.54, 1.807) is 6.92 Å². The number of rotatable bonds is 4. The van der Waals surface area contributed by atoms with E-state index in [4.69, 9.17) is 5.84 Å². The van der Waals surface area contributed by atoms with E-state index in [0.717, 1.165) is 0 Å². The van der Waals surface area contributed by atoms with Gasteiger partial charge in [-0.3, -0.25) is 11.3 Å². The normalized spacial score (nSPS) is 11.8. The molecule has 1 aromatic rings. The number of halogens is 3. The summed E-state index contributed by atoms with van der Waals surface area (Å²) in [5, 5.41) is 0. The highest BCUT2D eigenvalue weighted by Gasteiger charge is 2.19. The molecule has 1 aromatic carbocycles. The van der Waals surface area contributed by atoms with Crippen molar-refractivity contribution in [2.45, 2.75) is 25.8 Å². The fourth-order valence-electron chi connectivity index (χ4n) is 1.54. The maximum absolute atomic E-state index is 13.7. The molecule has 0 aliphatic heterocycles. The van der Waals surface area contributed by atoms with Gasteiger partial charge in [-0.05, 0) is 25.5 Å². The van der Waals surface area contributed by atoms with Gasteiger partial charge in [0.05, 0.1) is 6.04 Å². The zero-order chi connectivity index (χ0) is 12.8. The Kier molecular flexibility index (Phi) is 5.56. The van der Waals surface area contributed by atoms with Crippen molar-refractivity contribution in [2.24, 2.45) is 5.84 Å². The summed E-state index contributed by atoms with van der Waals surface area (Å²) in [5.74, 6) is 9.63. The Morgan fingerprint density at radius 2 is 2.00 bits per heavy atom. The lowest BCUT2D eigenvalue weighted by Gasteiger charge is -2.16. The van der Waals surface area contributed by atoms with E-state index < -0.39 is 17.7 Å². The third kappa shape index (κ3) is 3.77. The maximum Gasteiger partial charge on any atom is 0.132 e. The first-order valence-corrected chi connectivity index (χ1v) is 5.89. The van der Waals surface area contributed by atoms with E-state index in [0.29, 0.717) is 17.3 Å². The molecule has 0 fully saturated rings. The second-order valence-electron chi connectivity index (χ2n) is 3.47. The minimum absolute atomic E-state index is 0.0476. The van der Waals surface area contributed by atoms with E-state index in [-0.39, 0.29) is 5.56 Å². The quantitative estimate of drug-likeness (QED) is 0.510. The highest BCUT2D eigenvalue weighted by atomic mass is 79.9. The standard InChI is InChI=1S/C12H13BrF2N2/c1-2-3-4-5-11(17-16)12-9(14)6-8(13)7-10(12)15/h6-7,11,17H,4-5,16H2,1H3. The molecule has 0 radical (unpaired) electrons. The topological polar surface area (TPSA) is 38.0 Å². The van der Waals surface area contributed by atoms with Gasteiger partial charge in [0.25, 0.3) is 0 Å². The van der Waals surface area contributed by atoms with Gasteiger partial charge in [-0.15, -0.1) is 11.8 Å². The molecule has 0 amide bonds. The van der Waals surface area contributed by atoms with Crippen molar-refractivity contribution in [1.82, 2.24) is 5.43 Å². The molecule has 0 aliphatic carbocycles. The van der Waals surface area contributed by atoms with Gasteiger partial charge in [0.15, 0.2) is 0 Å². The SMILES string of the molecule is CC#CCCC(NN)c1c(F)cc(Br)cc1F. The third-order valence-corrected chi connectivity index (χ3v) is 2.79. The molecule has 5 heteroatoms. The Balaban J connectivity index is 2.97. The van der Waals surface area contributed by atoms with Crippen LogP contribution in [-0.2, 0) is 0 Å². The molecule has 1 unspecified atom stereocenters. The van der Waals surface area contributed by atoms with Crippen LogP contribution in [0.1, 0.15) is 31.4 Å². The zero-order valence-corrected chi connectivity index (χ0v) is 10.9. The Labute approximate surface area is 108 Å². The summed E-state index contributed by atoms with van der Waals surface area (Å²) >= 11 is 3.03. The molecule has 1 atom stereocenters. The fourth-order valence-corrected chi connectivity index (χ4v) is 1.94. The van der Waals surface area contributed by atoms with Crippen LogP contribution >= 0.6 is 15.9 Å². The Hall–Kier alpha value is -0.960. The number of benzene rings is 1. The van der Waals surface area contributed by atoms with E-state index >= 15 is 0 Å². The van der Waals surface area contributed by atoms with Gasteiger partial charge >= 0.3 is 0 Å². The van der Waals surface area contributed by atoms with Gasteiger partial charge in [-0.1, -0.05) is 15.9 Å². The average molecular weight is 303 g/mol. The van der Waals surface area contributed by atoms with Crippen LogP contribution in [0.2, 0.25) is 0 Å². The van der Waals surface area contributed by atoms with E-state index in [2.05, 4.69) is 33.2 Å². The van der Waals surface area contributed by atoms with Gasteiger partial charge in [0.2, 0.25) is 0 Å². The second-order valence-corrected chi connectivity index (χ2v) is 4.38. The zero-order valence-electron chi connectivity index (χ0n) is 9.36. The van der Waals surface area contributed by atoms with Gasteiger partial charge < -0.3 is 0 Å². The van der Waals surface area contributed by atoms with Crippen molar-refractivity contribution < 1.29 is 8.78 Å². The second kappa shape index (κ2) is 6.70. The van der Waals surface area contributed by atoms with Crippen LogP contribution in [0.25, 0.3) is 0 Å². The van der Waals surface area contributed by atoms with Crippen LogP contribution in [0.5, 0.6) is 0 Å². The smallest absolute Gasteiger partial charge is 0.132 e. The first kappa shape index (κ1) is 14.1. The molecule has 92 valence electrons. The van der Waals surface area contributed by atoms with Crippen LogP contribution in [0, 0.1) is 23.5 Å². The fraction of sp³-hybridized carbons (Fsp3) is 0.333. The largest absolute Gasteiger partial charge is 0.271 e. The van der Waals surface area contributed by atoms with Crippen molar-refractivity contribution in [3.8, 4) is 11.8 Å². The molecule has 17 heavy (non-hydrogen) atoms. The molecule has 0 heterocycles. The van der Waals surface area contributed by atoms with Gasteiger partial charge in [-0.25, -0.2) is 8.78 Å². The Morgan fingerprint density at radius 1 is 1.41 bits per heavy atom. The molecule has 0 spiro atoms. The summed E-state index contributed by atoms with van der Waals surface area (Å²) in [7, 11) is 0. The molecule has 0 aromatic heterocycles. The van der Waals surface area contributed by atoms with Gasteiger partial charge in [-0.2, -0.15) is 0 Å². The Morgan fingerprint density at radius 3 is 2.47 bits per heavy atom. The monoisotopic (exact) mass is 302 g/mol. The molecule has 0 bridgehead atoms. The highest BCUT2D eigenvalue weighted by molar-refractivity contribution is 9.10. The molecule has 0 saturated heterocycles. The lowest BCUT2D eigenvalue weighted by molar-refractivity contribution is 0.457. The first-order chi connectivity index (χ1) is 8.10. The van der Waals surface area contributed by atoms with Crippen molar-refractivity contribution in [2.75, 3.05) is 0 Å². The number of nitrogens with two attached hydrogens (primary N) is 1. The summed E-state index contributed by atoms with van der Waals surface area (Å²) in [6.07, 6.45) is 0.979. The molecular weight excluding hydrogens is 290 g/mol. The predicted molar refractivity (Wildman–Crippen MR) is 66.8 cm³/mol. The summed E-state index contributed by atoms with van der Waals surface area (Å²) in [5.41, 5.74) is 2.37. The molecule has 0 saturated carbocycles. The number of hydrogen-bond donors (Lipinski definition) is 2. The number of nitrogens with one attached hydrogen (secondary N) is 1. The van der Waals surface area contributed by atoms with E-state index in [1.807, 2.05) is 0 Å². The lowest BCUT2D eigenvalue weighted by Crippen LogP contribution is -2.29. The van der Waals surface area contributed by atoms with Crippen LogP contribution in [0.4, 0.5) is 8.78 Å². The van der Waals surface area contributed by atoms with E-state index in [1.165, 1.54) is 12.1 Å². The Bertz CT molecular complexity index is 429. The average Bonchev–Trinajstić information content (AvgIpc) is 2.25. The third-order valence-electron chi connectivity index (χ3n) is 2.33. The van der Waals surface area contributed by atoms with Crippen molar-refractivity contribution in [3.05, 3.63) is 33.8 Å². The lowest BCUT2D eigenvalue weighted by atomic mass is 10.0. The number of hydrazine groups is 1. The number of hydrogen-bond acceptors (Lipinski definition) is 2. The first-order valence-electron chi connectivity index (χ1n) is 5.10. The summed E-state index contributed by atoms with van der Waals surface area (Å²) in [6, 6.07) is 1.85. The molecule has 1 rings (SSSR count). The van der Waals surface area contributed by atoms with Crippen LogP contribution in [0.3, 0.4) is 0 Å². The molecule has 0 aliphatic rings. The van der Waals surface area contributed by atoms with Crippen molar-refractivity contribution in [1.29, 1.82) is 0 Å². The van der Waals surface area contributed by atoms with Crippen LogP contribution in [-0.4, -0.2) is 0 Å². The van der Waals surface area contributed by atoms with Gasteiger partial charge in [0, 0.05) is 16.5 Å². The minimum Gasteiger partial charge on any atom is -0.271 e. The molecular formula is C12H13BrF2N2. The van der Waals surface area contributed by atoms with Crippen molar-refractivity contribution >= 4 is 15.9 Å². The summed E-state index contributed by atoms with van der Waals surface area (Å²) in [6.45, 7) is 1.71. The van der Waals surface area contributed by atoms with Crippen LogP contribution in [0.15, 0.2) is 16.6 Å².